The number of benzene rings is 2. The normalized spacial score (nSPS) is 11.3. The maximum atomic E-state index is 13.8. The van der Waals surface area contributed by atoms with Gasteiger partial charge in [-0.2, -0.15) is 18.3 Å². The molecule has 0 bridgehead atoms. The summed E-state index contributed by atoms with van der Waals surface area (Å²) in [5.41, 5.74) is -1.75. The molecule has 0 aliphatic carbocycles. The summed E-state index contributed by atoms with van der Waals surface area (Å²) >= 11 is 5.91. The van der Waals surface area contributed by atoms with Crippen LogP contribution in [0.5, 0.6) is 0 Å². The molecule has 2 N–H and O–H groups in total. The Morgan fingerprint density at radius 3 is 2.45 bits per heavy atom. The highest BCUT2D eigenvalue weighted by molar-refractivity contribution is 6.30. The van der Waals surface area contributed by atoms with Crippen molar-refractivity contribution >= 4 is 35.1 Å². The van der Waals surface area contributed by atoms with Gasteiger partial charge in [0, 0.05) is 23.8 Å². The van der Waals surface area contributed by atoms with Crippen molar-refractivity contribution in [2.24, 2.45) is 0 Å². The molecule has 31 heavy (non-hydrogen) atoms. The first-order valence-corrected chi connectivity index (χ1v) is 8.86. The molecule has 0 atom stereocenters. The van der Waals surface area contributed by atoms with Crippen LogP contribution in [0.15, 0.2) is 48.5 Å². The van der Waals surface area contributed by atoms with Crippen molar-refractivity contribution < 1.29 is 32.3 Å². The number of anilines is 2. The van der Waals surface area contributed by atoms with Crippen LogP contribution in [-0.4, -0.2) is 33.9 Å². The molecule has 1 aromatic heterocycles. The lowest BCUT2D eigenvalue weighted by Crippen LogP contribution is -2.32. The Morgan fingerprint density at radius 1 is 1.16 bits per heavy atom. The van der Waals surface area contributed by atoms with E-state index in [1.807, 2.05) is 0 Å². The summed E-state index contributed by atoms with van der Waals surface area (Å²) in [6.07, 6.45) is -4.77. The summed E-state index contributed by atoms with van der Waals surface area (Å²) in [6, 6.07) is 8.48. The lowest BCUT2D eigenvalue weighted by molar-refractivity contribution is -0.141. The summed E-state index contributed by atoms with van der Waals surface area (Å²) in [4.78, 5) is 24.3. The molecular weight excluding hydrogens is 444 g/mol. The molecule has 0 saturated heterocycles. The van der Waals surface area contributed by atoms with Crippen LogP contribution in [0, 0.1) is 5.82 Å². The number of hydrogen-bond acceptors (Lipinski definition) is 3. The van der Waals surface area contributed by atoms with Crippen molar-refractivity contribution in [2.75, 3.05) is 17.3 Å². The number of urea groups is 1. The minimum absolute atomic E-state index is 0.0933. The number of carboxylic acid groups (broad SMARTS) is 1. The van der Waals surface area contributed by atoms with Gasteiger partial charge in [0.25, 0.3) is 0 Å². The number of hydrogen-bond donors (Lipinski definition) is 2. The number of alkyl halides is 3. The second-order valence-corrected chi connectivity index (χ2v) is 6.70. The van der Waals surface area contributed by atoms with E-state index in [2.05, 4.69) is 10.4 Å². The molecule has 7 nitrogen and oxygen atoms in total. The first kappa shape index (κ1) is 22.1. The largest absolute Gasteiger partial charge is 0.478 e. The van der Waals surface area contributed by atoms with Crippen LogP contribution in [0.2, 0.25) is 5.02 Å². The molecule has 3 rings (SSSR count). The van der Waals surface area contributed by atoms with Crippen LogP contribution in [0.1, 0.15) is 16.1 Å². The predicted molar refractivity (Wildman–Crippen MR) is 104 cm³/mol. The zero-order valence-corrected chi connectivity index (χ0v) is 16.4. The lowest BCUT2D eigenvalue weighted by atomic mass is 10.2. The smallest absolute Gasteiger partial charge is 0.435 e. The number of carbonyl (C=O) groups is 2. The number of rotatable bonds is 4. The minimum atomic E-state index is -4.77. The average molecular weight is 457 g/mol. The van der Waals surface area contributed by atoms with E-state index in [9.17, 15) is 27.2 Å². The number of nitrogens with one attached hydrogen (secondary N) is 1. The first-order chi connectivity index (χ1) is 14.5. The lowest BCUT2D eigenvalue weighted by Gasteiger charge is -2.19. The second kappa shape index (κ2) is 8.26. The van der Waals surface area contributed by atoms with Gasteiger partial charge >= 0.3 is 18.2 Å². The Bertz CT molecular complexity index is 1160. The molecule has 0 radical (unpaired) electrons. The van der Waals surface area contributed by atoms with Crippen molar-refractivity contribution in [3.63, 3.8) is 0 Å². The van der Waals surface area contributed by atoms with Crippen LogP contribution in [0.4, 0.5) is 33.9 Å². The third kappa shape index (κ3) is 4.77. The summed E-state index contributed by atoms with van der Waals surface area (Å²) < 4.78 is 54.4. The fraction of sp³-hybridized carbons (Fsp3) is 0.105. The summed E-state index contributed by atoms with van der Waals surface area (Å²) in [5, 5.41) is 14.9. The van der Waals surface area contributed by atoms with Crippen molar-refractivity contribution in [3.8, 4) is 5.69 Å². The quantitative estimate of drug-likeness (QED) is 0.538. The molecule has 0 unspecified atom stereocenters. The first-order valence-electron chi connectivity index (χ1n) is 8.48. The van der Waals surface area contributed by atoms with Crippen molar-refractivity contribution in [1.29, 1.82) is 0 Å². The van der Waals surface area contributed by atoms with E-state index >= 15 is 0 Å². The second-order valence-electron chi connectivity index (χ2n) is 6.27. The van der Waals surface area contributed by atoms with E-state index in [1.54, 1.807) is 0 Å². The van der Waals surface area contributed by atoms with E-state index in [-0.39, 0.29) is 22.2 Å². The van der Waals surface area contributed by atoms with Crippen LogP contribution < -0.4 is 10.2 Å². The molecule has 1 heterocycles. The molecule has 2 amide bonds. The van der Waals surface area contributed by atoms with Crippen LogP contribution in [0.25, 0.3) is 5.69 Å². The maximum absolute atomic E-state index is 13.8. The van der Waals surface area contributed by atoms with E-state index in [1.165, 1.54) is 31.3 Å². The van der Waals surface area contributed by atoms with Crippen molar-refractivity contribution in [3.05, 3.63) is 70.6 Å². The zero-order chi connectivity index (χ0) is 22.9. The number of amides is 2. The Hall–Kier alpha value is -3.60. The van der Waals surface area contributed by atoms with Crippen LogP contribution in [0.3, 0.4) is 0 Å². The number of halogens is 5. The Balaban J connectivity index is 1.95. The number of carboxylic acids is 1. The third-order valence-electron chi connectivity index (χ3n) is 4.13. The standard InChI is InChI=1S/C19H13ClF4N4O3/c1-27(18(31)25-11-5-6-13(17(29)30)14(21)8-11)16-9-15(19(22,23)24)26-28(16)12-4-2-3-10(20)7-12/h2-9H,1H3,(H,25,31)(H,29,30). The van der Waals surface area contributed by atoms with E-state index in [0.29, 0.717) is 6.07 Å². The van der Waals surface area contributed by atoms with Gasteiger partial charge in [-0.3, -0.25) is 4.90 Å². The fourth-order valence-electron chi connectivity index (χ4n) is 2.62. The molecule has 162 valence electrons. The molecule has 0 aliphatic heterocycles. The average Bonchev–Trinajstić information content (AvgIpc) is 3.13. The monoisotopic (exact) mass is 456 g/mol. The fourth-order valence-corrected chi connectivity index (χ4v) is 2.81. The molecule has 12 heteroatoms. The molecule has 0 aliphatic rings. The topological polar surface area (TPSA) is 87.5 Å². The van der Waals surface area contributed by atoms with Gasteiger partial charge in [-0.15, -0.1) is 0 Å². The highest BCUT2D eigenvalue weighted by Crippen LogP contribution is 2.33. The summed E-state index contributed by atoms with van der Waals surface area (Å²) in [7, 11) is 1.19. The highest BCUT2D eigenvalue weighted by Gasteiger charge is 2.36. The van der Waals surface area contributed by atoms with Crippen molar-refractivity contribution in [2.45, 2.75) is 6.18 Å². The van der Waals surface area contributed by atoms with Gasteiger partial charge in [0.2, 0.25) is 0 Å². The predicted octanol–water partition coefficient (Wildman–Crippen LogP) is 5.05. The van der Waals surface area contributed by atoms with Crippen LogP contribution in [-0.2, 0) is 6.18 Å². The van der Waals surface area contributed by atoms with Gasteiger partial charge in [-0.25, -0.2) is 18.7 Å². The Labute approximate surface area is 177 Å². The molecule has 0 spiro atoms. The number of nitrogens with zero attached hydrogens (tertiary/aromatic N) is 3. The highest BCUT2D eigenvalue weighted by atomic mass is 35.5. The van der Waals surface area contributed by atoms with Gasteiger partial charge in [0.1, 0.15) is 11.6 Å². The van der Waals surface area contributed by atoms with Gasteiger partial charge in [0.05, 0.1) is 11.3 Å². The van der Waals surface area contributed by atoms with Gasteiger partial charge < -0.3 is 10.4 Å². The molecule has 2 aromatic carbocycles. The van der Waals surface area contributed by atoms with E-state index in [4.69, 9.17) is 16.7 Å². The summed E-state index contributed by atoms with van der Waals surface area (Å²) in [6.45, 7) is 0. The molecule has 0 saturated carbocycles. The molecular formula is C19H13ClF4N4O3. The molecule has 3 aromatic rings. The van der Waals surface area contributed by atoms with Crippen molar-refractivity contribution in [1.82, 2.24) is 9.78 Å². The van der Waals surface area contributed by atoms with Crippen LogP contribution >= 0.6 is 11.6 Å². The Morgan fingerprint density at radius 2 is 1.87 bits per heavy atom. The number of carbonyl (C=O) groups excluding carboxylic acids is 1. The number of aromatic nitrogens is 2. The van der Waals surface area contributed by atoms with Gasteiger partial charge in [-0.1, -0.05) is 17.7 Å². The van der Waals surface area contributed by atoms with E-state index < -0.39 is 35.3 Å². The Kier molecular flexibility index (Phi) is 5.89. The SMILES string of the molecule is CN(C(=O)Nc1ccc(C(=O)O)c(F)c1)c1cc(C(F)(F)F)nn1-c1cccc(Cl)c1. The molecule has 0 fully saturated rings. The number of aromatic carboxylic acids is 1. The minimum Gasteiger partial charge on any atom is -0.478 e. The maximum Gasteiger partial charge on any atom is 0.435 e. The van der Waals surface area contributed by atoms with E-state index in [0.717, 1.165) is 27.8 Å². The summed E-state index contributed by atoms with van der Waals surface area (Å²) in [5.74, 6) is -2.82. The van der Waals surface area contributed by atoms with Gasteiger partial charge in [0.15, 0.2) is 5.69 Å². The third-order valence-corrected chi connectivity index (χ3v) is 4.37. The zero-order valence-electron chi connectivity index (χ0n) is 15.6. The van der Waals surface area contributed by atoms with Gasteiger partial charge in [-0.05, 0) is 36.4 Å².